The number of ether oxygens (including phenoxy) is 1. The van der Waals surface area contributed by atoms with Gasteiger partial charge in [-0.1, -0.05) is 0 Å². The van der Waals surface area contributed by atoms with E-state index in [0.29, 0.717) is 34.8 Å². The monoisotopic (exact) mass is 341 g/mol. The molecule has 2 amide bonds. The zero-order valence-corrected chi connectivity index (χ0v) is 13.7. The van der Waals surface area contributed by atoms with Crippen LogP contribution in [-0.4, -0.2) is 34.6 Å². The summed E-state index contributed by atoms with van der Waals surface area (Å²) in [5, 5.41) is 5.23. The number of halogens is 1. The SMILES string of the molecule is CCNC(=O)Nc1ccc2ncc(-c3ccc(OC)c(F)c3)nc2n1. The van der Waals surface area contributed by atoms with E-state index in [4.69, 9.17) is 4.74 Å². The van der Waals surface area contributed by atoms with Gasteiger partial charge in [-0.3, -0.25) is 10.3 Å². The highest BCUT2D eigenvalue weighted by molar-refractivity contribution is 5.89. The van der Waals surface area contributed by atoms with E-state index < -0.39 is 5.82 Å². The van der Waals surface area contributed by atoms with Gasteiger partial charge in [0.25, 0.3) is 0 Å². The van der Waals surface area contributed by atoms with Crippen molar-refractivity contribution in [3.8, 4) is 17.0 Å². The van der Waals surface area contributed by atoms with E-state index in [1.807, 2.05) is 6.92 Å². The topological polar surface area (TPSA) is 89.0 Å². The van der Waals surface area contributed by atoms with Gasteiger partial charge in [0.1, 0.15) is 11.3 Å². The van der Waals surface area contributed by atoms with Crippen molar-refractivity contribution in [2.24, 2.45) is 0 Å². The van der Waals surface area contributed by atoms with E-state index in [2.05, 4.69) is 25.6 Å². The molecule has 0 saturated heterocycles. The molecule has 128 valence electrons. The lowest BCUT2D eigenvalue weighted by Crippen LogP contribution is -2.28. The molecular weight excluding hydrogens is 325 g/mol. The number of nitrogens with one attached hydrogen (secondary N) is 2. The second-order valence-electron chi connectivity index (χ2n) is 5.13. The number of rotatable bonds is 4. The van der Waals surface area contributed by atoms with Crippen molar-refractivity contribution in [1.29, 1.82) is 0 Å². The molecule has 0 fully saturated rings. The molecule has 0 aliphatic carbocycles. The van der Waals surface area contributed by atoms with Crippen molar-refractivity contribution >= 4 is 23.0 Å². The minimum absolute atomic E-state index is 0.157. The molecule has 2 heterocycles. The molecule has 8 heteroatoms. The van der Waals surface area contributed by atoms with Crippen molar-refractivity contribution in [3.05, 3.63) is 42.3 Å². The molecule has 0 atom stereocenters. The molecule has 0 saturated carbocycles. The molecule has 2 aromatic heterocycles. The van der Waals surface area contributed by atoms with Gasteiger partial charge in [-0.05, 0) is 37.3 Å². The summed E-state index contributed by atoms with van der Waals surface area (Å²) >= 11 is 0. The molecule has 0 spiro atoms. The van der Waals surface area contributed by atoms with Gasteiger partial charge in [0.15, 0.2) is 17.2 Å². The first-order valence-corrected chi connectivity index (χ1v) is 7.63. The average molecular weight is 341 g/mol. The van der Waals surface area contributed by atoms with E-state index >= 15 is 0 Å². The Morgan fingerprint density at radius 1 is 1.24 bits per heavy atom. The Labute approximate surface area is 143 Å². The molecule has 1 aromatic carbocycles. The molecule has 0 bridgehead atoms. The number of nitrogens with zero attached hydrogens (tertiary/aromatic N) is 3. The van der Waals surface area contributed by atoms with Crippen LogP contribution in [0.3, 0.4) is 0 Å². The van der Waals surface area contributed by atoms with Crippen molar-refractivity contribution in [2.75, 3.05) is 19.0 Å². The van der Waals surface area contributed by atoms with Crippen molar-refractivity contribution < 1.29 is 13.9 Å². The highest BCUT2D eigenvalue weighted by atomic mass is 19.1. The summed E-state index contributed by atoms with van der Waals surface area (Å²) in [5.41, 5.74) is 1.94. The lowest BCUT2D eigenvalue weighted by molar-refractivity contribution is 0.252. The highest BCUT2D eigenvalue weighted by Gasteiger charge is 2.09. The second-order valence-corrected chi connectivity index (χ2v) is 5.13. The third-order valence-corrected chi connectivity index (χ3v) is 3.43. The second kappa shape index (κ2) is 7.08. The van der Waals surface area contributed by atoms with Crippen LogP contribution in [0.25, 0.3) is 22.4 Å². The van der Waals surface area contributed by atoms with E-state index in [9.17, 15) is 9.18 Å². The van der Waals surface area contributed by atoms with Crippen LogP contribution in [-0.2, 0) is 0 Å². The Balaban J connectivity index is 1.95. The maximum Gasteiger partial charge on any atom is 0.320 e. The fraction of sp³-hybridized carbons (Fsp3) is 0.176. The number of benzene rings is 1. The van der Waals surface area contributed by atoms with Crippen LogP contribution in [0.2, 0.25) is 0 Å². The number of methoxy groups -OCH3 is 1. The van der Waals surface area contributed by atoms with Gasteiger partial charge in [-0.15, -0.1) is 0 Å². The summed E-state index contributed by atoms with van der Waals surface area (Å²) in [6.45, 7) is 2.32. The van der Waals surface area contributed by atoms with Gasteiger partial charge in [-0.25, -0.2) is 19.2 Å². The molecule has 0 radical (unpaired) electrons. The maximum atomic E-state index is 13.9. The van der Waals surface area contributed by atoms with Crippen LogP contribution in [0.15, 0.2) is 36.5 Å². The van der Waals surface area contributed by atoms with Crippen molar-refractivity contribution in [1.82, 2.24) is 20.3 Å². The Kier molecular flexibility index (Phi) is 4.69. The zero-order valence-electron chi connectivity index (χ0n) is 13.7. The largest absolute Gasteiger partial charge is 0.494 e. The minimum Gasteiger partial charge on any atom is -0.494 e. The summed E-state index contributed by atoms with van der Waals surface area (Å²) in [6.07, 6.45) is 1.54. The quantitative estimate of drug-likeness (QED) is 0.761. The summed E-state index contributed by atoms with van der Waals surface area (Å²) in [5.74, 6) is 0.0244. The van der Waals surface area contributed by atoms with Gasteiger partial charge in [0.2, 0.25) is 0 Å². The average Bonchev–Trinajstić information content (AvgIpc) is 2.61. The summed E-state index contributed by atoms with van der Waals surface area (Å²) < 4.78 is 18.8. The van der Waals surface area contributed by atoms with Crippen LogP contribution >= 0.6 is 0 Å². The van der Waals surface area contributed by atoms with Gasteiger partial charge in [-0.2, -0.15) is 0 Å². The number of amides is 2. The molecule has 3 aromatic rings. The Morgan fingerprint density at radius 2 is 2.08 bits per heavy atom. The predicted molar refractivity (Wildman–Crippen MR) is 92.0 cm³/mol. The first kappa shape index (κ1) is 16.6. The fourth-order valence-electron chi connectivity index (χ4n) is 2.25. The predicted octanol–water partition coefficient (Wildman–Crippen LogP) is 2.98. The van der Waals surface area contributed by atoms with Gasteiger partial charge < -0.3 is 10.1 Å². The molecule has 25 heavy (non-hydrogen) atoms. The van der Waals surface area contributed by atoms with Crippen LogP contribution in [0.1, 0.15) is 6.92 Å². The Hall–Kier alpha value is -3.29. The lowest BCUT2D eigenvalue weighted by Gasteiger charge is -2.07. The van der Waals surface area contributed by atoms with Gasteiger partial charge in [0.05, 0.1) is 19.0 Å². The maximum absolute atomic E-state index is 13.9. The molecule has 2 N–H and O–H groups in total. The van der Waals surface area contributed by atoms with Gasteiger partial charge >= 0.3 is 6.03 Å². The number of hydrogen-bond acceptors (Lipinski definition) is 5. The molecule has 3 rings (SSSR count). The van der Waals surface area contributed by atoms with Crippen LogP contribution < -0.4 is 15.4 Å². The number of urea groups is 1. The fourth-order valence-corrected chi connectivity index (χ4v) is 2.25. The number of hydrogen-bond donors (Lipinski definition) is 2. The standard InChI is InChI=1S/C17H16FN5O2/c1-3-19-17(24)23-15-7-5-12-16(22-15)21-13(9-20-12)10-4-6-14(25-2)11(18)8-10/h4-9H,3H2,1-2H3,(H2,19,21,22,23,24). The highest BCUT2D eigenvalue weighted by Crippen LogP contribution is 2.25. The van der Waals surface area contributed by atoms with E-state index in [-0.39, 0.29) is 11.8 Å². The number of carbonyl (C=O) groups excluding carboxylic acids is 1. The Bertz CT molecular complexity index is 932. The summed E-state index contributed by atoms with van der Waals surface area (Å²) in [7, 11) is 1.40. The normalized spacial score (nSPS) is 10.5. The first-order valence-electron chi connectivity index (χ1n) is 7.63. The van der Waals surface area contributed by atoms with Gasteiger partial charge in [0, 0.05) is 12.1 Å². The molecular formula is C17H16FN5O2. The van der Waals surface area contributed by atoms with E-state index in [0.717, 1.165) is 0 Å². The third-order valence-electron chi connectivity index (χ3n) is 3.43. The molecule has 0 aliphatic rings. The van der Waals surface area contributed by atoms with Crippen molar-refractivity contribution in [2.45, 2.75) is 6.92 Å². The number of carbonyl (C=O) groups is 1. The molecule has 0 aliphatic heterocycles. The minimum atomic E-state index is -0.485. The first-order chi connectivity index (χ1) is 12.1. The number of aromatic nitrogens is 3. The summed E-state index contributed by atoms with van der Waals surface area (Å²) in [4.78, 5) is 24.5. The molecule has 0 unspecified atom stereocenters. The van der Waals surface area contributed by atoms with Crippen LogP contribution in [0.5, 0.6) is 5.75 Å². The summed E-state index contributed by atoms with van der Waals surface area (Å²) in [6, 6.07) is 7.53. The van der Waals surface area contributed by atoms with Crippen molar-refractivity contribution in [3.63, 3.8) is 0 Å². The number of fused-ring (bicyclic) bond motifs is 1. The van der Waals surface area contributed by atoms with Crippen LogP contribution in [0.4, 0.5) is 15.0 Å². The van der Waals surface area contributed by atoms with E-state index in [1.54, 1.807) is 24.4 Å². The van der Waals surface area contributed by atoms with Crippen LogP contribution in [0, 0.1) is 5.82 Å². The third kappa shape index (κ3) is 3.63. The zero-order chi connectivity index (χ0) is 17.8. The number of pyridine rings is 1. The number of anilines is 1. The molecule has 7 nitrogen and oxygen atoms in total. The Morgan fingerprint density at radius 3 is 2.80 bits per heavy atom. The van der Waals surface area contributed by atoms with E-state index in [1.165, 1.54) is 19.2 Å². The lowest BCUT2D eigenvalue weighted by atomic mass is 10.1. The smallest absolute Gasteiger partial charge is 0.320 e.